The summed E-state index contributed by atoms with van der Waals surface area (Å²) in [4.78, 5) is 3.71. The summed E-state index contributed by atoms with van der Waals surface area (Å²) in [5, 5.41) is 7.31. The molecule has 0 saturated carbocycles. The van der Waals surface area contributed by atoms with Crippen LogP contribution in [0.1, 0.15) is 5.56 Å². The lowest BCUT2D eigenvalue weighted by molar-refractivity contribution is 0.600. The number of nitrogen functional groups attached to an aromatic ring is 1. The van der Waals surface area contributed by atoms with Crippen molar-refractivity contribution >= 4 is 33.3 Å². The zero-order chi connectivity index (χ0) is 14.0. The van der Waals surface area contributed by atoms with Crippen LogP contribution in [-0.4, -0.2) is 23.6 Å². The van der Waals surface area contributed by atoms with Crippen molar-refractivity contribution in [3.63, 3.8) is 0 Å². The van der Waals surface area contributed by atoms with Crippen molar-refractivity contribution in [1.29, 1.82) is 0 Å². The molecule has 1 aromatic heterocycles. The Morgan fingerprint density at radius 3 is 2.68 bits per heavy atom. The van der Waals surface area contributed by atoms with Gasteiger partial charge in [-0.25, -0.2) is 18.1 Å². The van der Waals surface area contributed by atoms with E-state index in [2.05, 4.69) is 19.9 Å². The van der Waals surface area contributed by atoms with Gasteiger partial charge >= 0.3 is 0 Å². The van der Waals surface area contributed by atoms with Crippen LogP contribution in [0.3, 0.4) is 0 Å². The lowest BCUT2D eigenvalue weighted by Crippen LogP contribution is -2.17. The van der Waals surface area contributed by atoms with Crippen molar-refractivity contribution in [2.45, 2.75) is 11.8 Å². The molecule has 0 amide bonds. The van der Waals surface area contributed by atoms with Gasteiger partial charge in [-0.2, -0.15) is 5.10 Å². The summed E-state index contributed by atoms with van der Waals surface area (Å²) in [5.74, 6) is -0.125. The first kappa shape index (κ1) is 13.5. The molecule has 1 heterocycles. The molecule has 3 N–H and O–H groups in total. The molecule has 0 atom stereocenters. The van der Waals surface area contributed by atoms with Gasteiger partial charge in [0.15, 0.2) is 0 Å². The molecule has 0 saturated heterocycles. The Morgan fingerprint density at radius 2 is 2.05 bits per heavy atom. The number of nitrogens with one attached hydrogen (secondary N) is 1. The Hall–Kier alpha value is -1.93. The maximum absolute atomic E-state index is 12.2. The van der Waals surface area contributed by atoms with Crippen LogP contribution in [0, 0.1) is 6.92 Å². The topological polar surface area (TPSA) is 111 Å². The van der Waals surface area contributed by atoms with E-state index in [1.165, 1.54) is 24.5 Å². The molecule has 0 aliphatic carbocycles. The van der Waals surface area contributed by atoms with Crippen molar-refractivity contribution in [2.75, 3.05) is 10.5 Å². The van der Waals surface area contributed by atoms with E-state index >= 15 is 0 Å². The van der Waals surface area contributed by atoms with Crippen LogP contribution in [0.5, 0.6) is 0 Å². The van der Waals surface area contributed by atoms with Crippen LogP contribution >= 0.6 is 11.6 Å². The number of hydrogen-bond donors (Lipinski definition) is 2. The van der Waals surface area contributed by atoms with Crippen molar-refractivity contribution in [1.82, 2.24) is 15.2 Å². The Bertz CT molecular complexity index is 705. The number of anilines is 2. The summed E-state index contributed by atoms with van der Waals surface area (Å²) >= 11 is 5.82. The number of aromatic nitrogens is 3. The van der Waals surface area contributed by atoms with Gasteiger partial charge in [-0.05, 0) is 24.6 Å². The van der Waals surface area contributed by atoms with Crippen LogP contribution in [0.4, 0.5) is 11.6 Å². The molecule has 0 spiro atoms. The third kappa shape index (κ3) is 2.91. The van der Waals surface area contributed by atoms with E-state index in [4.69, 9.17) is 17.3 Å². The molecule has 1 aromatic carbocycles. The molecule has 100 valence electrons. The molecule has 9 heteroatoms. The van der Waals surface area contributed by atoms with Gasteiger partial charge in [0.2, 0.25) is 0 Å². The summed E-state index contributed by atoms with van der Waals surface area (Å²) in [6.07, 6.45) is 2.66. The highest BCUT2D eigenvalue weighted by Gasteiger charge is 2.20. The number of rotatable bonds is 3. The molecule has 0 unspecified atom stereocenters. The summed E-state index contributed by atoms with van der Waals surface area (Å²) in [6.45, 7) is 1.59. The van der Waals surface area contributed by atoms with E-state index < -0.39 is 10.0 Å². The molecule has 2 rings (SSSR count). The van der Waals surface area contributed by atoms with E-state index in [9.17, 15) is 8.42 Å². The van der Waals surface area contributed by atoms with Gasteiger partial charge in [0.25, 0.3) is 16.0 Å². The number of hydrogen-bond acceptors (Lipinski definition) is 6. The van der Waals surface area contributed by atoms with Gasteiger partial charge in [-0.15, -0.1) is 5.10 Å². The van der Waals surface area contributed by atoms with Crippen LogP contribution in [0.15, 0.2) is 29.4 Å². The second-order valence-electron chi connectivity index (χ2n) is 3.69. The highest BCUT2D eigenvalue weighted by Crippen LogP contribution is 2.26. The van der Waals surface area contributed by atoms with Crippen molar-refractivity contribution < 1.29 is 8.42 Å². The van der Waals surface area contributed by atoms with Crippen LogP contribution in [0.25, 0.3) is 0 Å². The first-order valence-corrected chi connectivity index (χ1v) is 6.98. The van der Waals surface area contributed by atoms with Crippen molar-refractivity contribution in [3.05, 3.63) is 35.1 Å². The number of halogens is 1. The van der Waals surface area contributed by atoms with Gasteiger partial charge in [-0.3, -0.25) is 0 Å². The molecular weight excluding hydrogens is 290 g/mol. The Labute approximate surface area is 114 Å². The maximum atomic E-state index is 12.2. The number of nitrogens with two attached hydrogens (primary N) is 1. The van der Waals surface area contributed by atoms with E-state index in [0.717, 1.165) is 0 Å². The zero-order valence-electron chi connectivity index (χ0n) is 9.83. The second kappa shape index (κ2) is 4.98. The minimum absolute atomic E-state index is 0.0232. The predicted octanol–water partition coefficient (Wildman–Crippen LogP) is 1.22. The molecule has 2 aromatic rings. The van der Waals surface area contributed by atoms with Gasteiger partial charge in [0.05, 0.1) is 17.3 Å². The van der Waals surface area contributed by atoms with Gasteiger partial charge in [0, 0.05) is 10.7 Å². The largest absolute Gasteiger partial charge is 0.398 e. The van der Waals surface area contributed by atoms with E-state index in [1.807, 2.05) is 0 Å². The molecule has 19 heavy (non-hydrogen) atoms. The highest BCUT2D eigenvalue weighted by atomic mass is 35.5. The maximum Gasteiger partial charge on any atom is 0.264 e. The highest BCUT2D eigenvalue weighted by molar-refractivity contribution is 7.92. The normalized spacial score (nSPS) is 11.3. The Morgan fingerprint density at radius 1 is 1.32 bits per heavy atom. The molecule has 0 radical (unpaired) electrons. The SMILES string of the molecule is Cc1c(N)cc(Cl)cc1S(=O)(=O)Nc1nccnn1. The quantitative estimate of drug-likeness (QED) is 0.824. The standard InChI is InChI=1S/C10H10ClN5O2S/c1-6-8(12)4-7(11)5-9(6)19(17,18)16-10-13-2-3-14-15-10/h2-5H,12H2,1H3,(H,13,15,16). The predicted molar refractivity (Wildman–Crippen MR) is 71.2 cm³/mol. The average Bonchev–Trinajstić information content (AvgIpc) is 2.34. The minimum Gasteiger partial charge on any atom is -0.398 e. The zero-order valence-corrected chi connectivity index (χ0v) is 11.4. The monoisotopic (exact) mass is 299 g/mol. The van der Waals surface area contributed by atoms with Gasteiger partial charge in [-0.1, -0.05) is 11.6 Å². The first-order chi connectivity index (χ1) is 8.90. The van der Waals surface area contributed by atoms with Crippen LogP contribution < -0.4 is 10.5 Å². The lowest BCUT2D eigenvalue weighted by atomic mass is 10.2. The summed E-state index contributed by atoms with van der Waals surface area (Å²) in [7, 11) is -3.87. The fourth-order valence-electron chi connectivity index (χ4n) is 1.42. The van der Waals surface area contributed by atoms with E-state index in [-0.39, 0.29) is 15.9 Å². The number of sulfonamides is 1. The minimum atomic E-state index is -3.87. The van der Waals surface area contributed by atoms with Crippen LogP contribution in [0.2, 0.25) is 5.02 Å². The smallest absolute Gasteiger partial charge is 0.264 e. The Balaban J connectivity index is 2.46. The molecule has 0 fully saturated rings. The fraction of sp³-hybridized carbons (Fsp3) is 0.100. The third-order valence-corrected chi connectivity index (χ3v) is 4.04. The Kier molecular flexibility index (Phi) is 3.54. The molecular formula is C10H10ClN5O2S. The third-order valence-electron chi connectivity index (χ3n) is 2.36. The van der Waals surface area contributed by atoms with E-state index in [1.54, 1.807) is 6.92 Å². The summed E-state index contributed by atoms with van der Waals surface area (Å²) in [5.41, 5.74) is 6.39. The van der Waals surface area contributed by atoms with E-state index in [0.29, 0.717) is 11.3 Å². The number of nitrogens with zero attached hydrogens (tertiary/aromatic N) is 3. The number of benzene rings is 1. The second-order valence-corrected chi connectivity index (χ2v) is 5.78. The van der Waals surface area contributed by atoms with Crippen LogP contribution in [-0.2, 0) is 10.0 Å². The van der Waals surface area contributed by atoms with Crippen molar-refractivity contribution in [3.8, 4) is 0 Å². The summed E-state index contributed by atoms with van der Waals surface area (Å²) in [6, 6.07) is 2.79. The fourth-order valence-corrected chi connectivity index (χ4v) is 2.96. The molecule has 0 aliphatic rings. The van der Waals surface area contributed by atoms with Crippen molar-refractivity contribution in [2.24, 2.45) is 0 Å². The first-order valence-electron chi connectivity index (χ1n) is 5.12. The average molecular weight is 300 g/mol. The molecule has 7 nitrogen and oxygen atoms in total. The summed E-state index contributed by atoms with van der Waals surface area (Å²) < 4.78 is 26.6. The van der Waals surface area contributed by atoms with Gasteiger partial charge < -0.3 is 5.73 Å². The molecule has 0 aliphatic heterocycles. The molecule has 0 bridgehead atoms. The van der Waals surface area contributed by atoms with Gasteiger partial charge in [0.1, 0.15) is 0 Å². The lowest BCUT2D eigenvalue weighted by Gasteiger charge is -2.11.